The molecule has 7 heteroatoms. The van der Waals surface area contributed by atoms with Gasteiger partial charge in [0.2, 0.25) is 0 Å². The third-order valence-electron chi connectivity index (χ3n) is 3.35. The third-order valence-corrected chi connectivity index (χ3v) is 3.58. The van der Waals surface area contributed by atoms with E-state index in [2.05, 4.69) is 5.32 Å². The van der Waals surface area contributed by atoms with Crippen molar-refractivity contribution in [3.8, 4) is 5.75 Å². The van der Waals surface area contributed by atoms with Gasteiger partial charge in [-0.15, -0.1) is 0 Å². The number of nitrogens with one attached hydrogen (secondary N) is 1. The fourth-order valence-electron chi connectivity index (χ4n) is 2.11. The standard InChI is InChI=1S/C17H17ClN2O4/c1-10-2-3-11(17(22)23)7-14(10)20-8-12-6-13(18)4-5-15(12)24-9-16(19)21/h2-7,20H,8-9H2,1H3,(H2,19,21)(H,22,23). The maximum atomic E-state index is 11.1. The highest BCUT2D eigenvalue weighted by molar-refractivity contribution is 6.30. The minimum Gasteiger partial charge on any atom is -0.483 e. The Morgan fingerprint density at radius 2 is 2.00 bits per heavy atom. The molecule has 2 aromatic rings. The van der Waals surface area contributed by atoms with Crippen molar-refractivity contribution < 1.29 is 19.4 Å². The van der Waals surface area contributed by atoms with Crippen molar-refractivity contribution >= 4 is 29.2 Å². The van der Waals surface area contributed by atoms with E-state index in [0.717, 1.165) is 11.1 Å². The molecule has 0 bridgehead atoms. The summed E-state index contributed by atoms with van der Waals surface area (Å²) in [5.74, 6) is -1.09. The van der Waals surface area contributed by atoms with Crippen LogP contribution < -0.4 is 15.8 Å². The van der Waals surface area contributed by atoms with Crippen LogP contribution in [-0.4, -0.2) is 23.6 Å². The van der Waals surface area contributed by atoms with Crippen LogP contribution in [0.1, 0.15) is 21.5 Å². The molecule has 24 heavy (non-hydrogen) atoms. The molecular formula is C17H17ClN2O4. The van der Waals surface area contributed by atoms with E-state index in [-0.39, 0.29) is 12.2 Å². The van der Waals surface area contributed by atoms with E-state index in [0.29, 0.717) is 23.0 Å². The zero-order valence-corrected chi connectivity index (χ0v) is 13.8. The van der Waals surface area contributed by atoms with Gasteiger partial charge in [-0.05, 0) is 42.8 Å². The molecule has 0 aliphatic heterocycles. The smallest absolute Gasteiger partial charge is 0.335 e. The number of carboxylic acids is 1. The van der Waals surface area contributed by atoms with E-state index in [4.69, 9.17) is 27.2 Å². The van der Waals surface area contributed by atoms with Gasteiger partial charge < -0.3 is 20.9 Å². The first-order valence-electron chi connectivity index (χ1n) is 7.14. The molecule has 0 aromatic heterocycles. The van der Waals surface area contributed by atoms with E-state index in [9.17, 15) is 9.59 Å². The minimum atomic E-state index is -0.994. The van der Waals surface area contributed by atoms with E-state index in [1.54, 1.807) is 36.4 Å². The average molecular weight is 349 g/mol. The molecule has 6 nitrogen and oxygen atoms in total. The van der Waals surface area contributed by atoms with Gasteiger partial charge >= 0.3 is 5.97 Å². The lowest BCUT2D eigenvalue weighted by Gasteiger charge is -2.14. The molecule has 0 radical (unpaired) electrons. The van der Waals surface area contributed by atoms with Crippen LogP contribution in [0.25, 0.3) is 0 Å². The molecule has 0 spiro atoms. The van der Waals surface area contributed by atoms with Gasteiger partial charge in [0.05, 0.1) is 5.56 Å². The first-order chi connectivity index (χ1) is 11.4. The zero-order valence-electron chi connectivity index (χ0n) is 13.0. The Kier molecular flexibility index (Phi) is 5.65. The Balaban J connectivity index is 2.19. The fourth-order valence-corrected chi connectivity index (χ4v) is 2.31. The predicted molar refractivity (Wildman–Crippen MR) is 91.6 cm³/mol. The summed E-state index contributed by atoms with van der Waals surface area (Å²) >= 11 is 6.01. The molecule has 2 rings (SSSR count). The number of aryl methyl sites for hydroxylation is 1. The second-order valence-electron chi connectivity index (χ2n) is 5.20. The van der Waals surface area contributed by atoms with Gasteiger partial charge in [0.1, 0.15) is 5.75 Å². The van der Waals surface area contributed by atoms with Crippen LogP contribution in [0, 0.1) is 6.92 Å². The van der Waals surface area contributed by atoms with Crippen molar-refractivity contribution in [3.63, 3.8) is 0 Å². The molecule has 4 N–H and O–H groups in total. The number of aromatic carboxylic acids is 1. The summed E-state index contributed by atoms with van der Waals surface area (Å²) in [6.07, 6.45) is 0. The first kappa shape index (κ1) is 17.6. The topological polar surface area (TPSA) is 102 Å². The van der Waals surface area contributed by atoms with Crippen molar-refractivity contribution in [2.24, 2.45) is 5.73 Å². The number of halogens is 1. The maximum absolute atomic E-state index is 11.1. The van der Waals surface area contributed by atoms with Crippen LogP contribution in [0.15, 0.2) is 36.4 Å². The third kappa shape index (κ3) is 4.63. The molecule has 0 atom stereocenters. The predicted octanol–water partition coefficient (Wildman–Crippen LogP) is 2.82. The zero-order chi connectivity index (χ0) is 17.7. The Morgan fingerprint density at radius 1 is 1.25 bits per heavy atom. The quantitative estimate of drug-likeness (QED) is 0.714. The van der Waals surface area contributed by atoms with Crippen LogP contribution in [-0.2, 0) is 11.3 Å². The number of hydrogen-bond acceptors (Lipinski definition) is 4. The molecule has 2 aromatic carbocycles. The summed E-state index contributed by atoms with van der Waals surface area (Å²) in [6.45, 7) is 1.98. The van der Waals surface area contributed by atoms with Crippen molar-refractivity contribution in [2.75, 3.05) is 11.9 Å². The number of nitrogens with two attached hydrogens (primary N) is 1. The molecule has 0 aliphatic carbocycles. The lowest BCUT2D eigenvalue weighted by atomic mass is 10.1. The lowest BCUT2D eigenvalue weighted by Crippen LogP contribution is -2.20. The molecular weight excluding hydrogens is 332 g/mol. The lowest BCUT2D eigenvalue weighted by molar-refractivity contribution is -0.119. The molecule has 126 valence electrons. The number of carboxylic acid groups (broad SMARTS) is 1. The number of carbonyl (C=O) groups excluding carboxylic acids is 1. The fraction of sp³-hybridized carbons (Fsp3) is 0.176. The minimum absolute atomic E-state index is 0.194. The first-order valence-corrected chi connectivity index (χ1v) is 7.52. The Bertz CT molecular complexity index is 777. The van der Waals surface area contributed by atoms with Gasteiger partial charge in [0.15, 0.2) is 6.61 Å². The van der Waals surface area contributed by atoms with Gasteiger partial charge in [0, 0.05) is 22.8 Å². The van der Waals surface area contributed by atoms with Gasteiger partial charge in [-0.3, -0.25) is 4.79 Å². The molecule has 0 unspecified atom stereocenters. The number of anilines is 1. The van der Waals surface area contributed by atoms with Gasteiger partial charge in [0.25, 0.3) is 5.91 Å². The maximum Gasteiger partial charge on any atom is 0.335 e. The van der Waals surface area contributed by atoms with Crippen molar-refractivity contribution in [2.45, 2.75) is 13.5 Å². The summed E-state index contributed by atoms with van der Waals surface area (Å²) in [6, 6.07) is 9.85. The van der Waals surface area contributed by atoms with Crippen molar-refractivity contribution in [1.82, 2.24) is 0 Å². The summed E-state index contributed by atoms with van der Waals surface area (Å²) in [4.78, 5) is 22.0. The van der Waals surface area contributed by atoms with Gasteiger partial charge in [-0.2, -0.15) is 0 Å². The largest absolute Gasteiger partial charge is 0.483 e. The van der Waals surface area contributed by atoms with E-state index in [1.165, 1.54) is 0 Å². The number of primary amides is 1. The van der Waals surface area contributed by atoms with Crippen LogP contribution in [0.5, 0.6) is 5.75 Å². The number of amides is 1. The van der Waals surface area contributed by atoms with Crippen LogP contribution >= 0.6 is 11.6 Å². The van der Waals surface area contributed by atoms with Crippen LogP contribution in [0.3, 0.4) is 0 Å². The Labute approximate surface area is 144 Å². The highest BCUT2D eigenvalue weighted by Crippen LogP contribution is 2.25. The monoisotopic (exact) mass is 348 g/mol. The van der Waals surface area contributed by atoms with Crippen LogP contribution in [0.2, 0.25) is 5.02 Å². The van der Waals surface area contributed by atoms with E-state index >= 15 is 0 Å². The highest BCUT2D eigenvalue weighted by atomic mass is 35.5. The Morgan fingerprint density at radius 3 is 2.67 bits per heavy atom. The number of carbonyl (C=O) groups is 2. The summed E-state index contributed by atoms with van der Waals surface area (Å²) < 4.78 is 5.37. The highest BCUT2D eigenvalue weighted by Gasteiger charge is 2.09. The van der Waals surface area contributed by atoms with Crippen molar-refractivity contribution in [3.05, 3.63) is 58.1 Å². The Hall–Kier alpha value is -2.73. The number of ether oxygens (including phenoxy) is 1. The molecule has 0 heterocycles. The molecule has 0 saturated carbocycles. The van der Waals surface area contributed by atoms with Crippen molar-refractivity contribution in [1.29, 1.82) is 0 Å². The van der Waals surface area contributed by atoms with Gasteiger partial charge in [-0.1, -0.05) is 17.7 Å². The number of benzene rings is 2. The number of hydrogen-bond donors (Lipinski definition) is 3. The summed E-state index contributed by atoms with van der Waals surface area (Å²) in [5, 5.41) is 12.8. The molecule has 0 aliphatic rings. The van der Waals surface area contributed by atoms with E-state index < -0.39 is 11.9 Å². The average Bonchev–Trinajstić information content (AvgIpc) is 2.52. The number of rotatable bonds is 7. The summed E-state index contributed by atoms with van der Waals surface area (Å²) in [7, 11) is 0. The second kappa shape index (κ2) is 7.70. The SMILES string of the molecule is Cc1ccc(C(=O)O)cc1NCc1cc(Cl)ccc1OCC(N)=O. The summed E-state index contributed by atoms with van der Waals surface area (Å²) in [5.41, 5.74) is 7.60. The molecule has 0 saturated heterocycles. The normalized spacial score (nSPS) is 10.2. The van der Waals surface area contributed by atoms with E-state index in [1.807, 2.05) is 6.92 Å². The van der Waals surface area contributed by atoms with Gasteiger partial charge in [-0.25, -0.2) is 4.79 Å². The molecule has 1 amide bonds. The molecule has 0 fully saturated rings. The second-order valence-corrected chi connectivity index (χ2v) is 5.63. The van der Waals surface area contributed by atoms with Crippen LogP contribution in [0.4, 0.5) is 5.69 Å².